The van der Waals surface area contributed by atoms with Crippen LogP contribution >= 0.6 is 11.6 Å². The molecule has 1 rings (SSSR count). The Morgan fingerprint density at radius 1 is 1.10 bits per heavy atom. The minimum absolute atomic E-state index is 0.273. The van der Waals surface area contributed by atoms with Crippen molar-refractivity contribution >= 4 is 11.6 Å². The first kappa shape index (κ1) is 18.3. The van der Waals surface area contributed by atoms with Crippen molar-refractivity contribution in [2.24, 2.45) is 0 Å². The first-order chi connectivity index (χ1) is 10.2. The van der Waals surface area contributed by atoms with E-state index in [1.165, 1.54) is 32.1 Å². The lowest BCUT2D eigenvalue weighted by Gasteiger charge is -2.15. The van der Waals surface area contributed by atoms with E-state index in [2.05, 4.69) is 32.2 Å². The predicted molar refractivity (Wildman–Crippen MR) is 92.4 cm³/mol. The second-order valence-electron chi connectivity index (χ2n) is 5.58. The lowest BCUT2D eigenvalue weighted by molar-refractivity contribution is 0.304. The molecule has 0 radical (unpaired) electrons. The van der Waals surface area contributed by atoms with E-state index >= 15 is 0 Å². The van der Waals surface area contributed by atoms with Crippen LogP contribution in [-0.2, 0) is 0 Å². The van der Waals surface area contributed by atoms with Gasteiger partial charge in [0.2, 0.25) is 0 Å². The van der Waals surface area contributed by atoms with Gasteiger partial charge in [-0.05, 0) is 37.6 Å². The van der Waals surface area contributed by atoms with Crippen molar-refractivity contribution in [2.75, 3.05) is 13.2 Å². The summed E-state index contributed by atoms with van der Waals surface area (Å²) in [5, 5.41) is 4.15. The van der Waals surface area contributed by atoms with Gasteiger partial charge in [0.1, 0.15) is 5.75 Å². The van der Waals surface area contributed by atoms with Crippen molar-refractivity contribution in [3.63, 3.8) is 0 Å². The summed E-state index contributed by atoms with van der Waals surface area (Å²) in [5.74, 6) is 0.876. The molecular formula is C18H30ClNO. The van der Waals surface area contributed by atoms with Gasteiger partial charge in [0.15, 0.2) is 0 Å². The minimum Gasteiger partial charge on any atom is -0.494 e. The van der Waals surface area contributed by atoms with E-state index in [0.717, 1.165) is 35.9 Å². The molecule has 120 valence electrons. The largest absolute Gasteiger partial charge is 0.494 e. The van der Waals surface area contributed by atoms with Gasteiger partial charge in [-0.3, -0.25) is 0 Å². The van der Waals surface area contributed by atoms with E-state index in [0.29, 0.717) is 0 Å². The Morgan fingerprint density at radius 3 is 2.48 bits per heavy atom. The molecular weight excluding hydrogens is 282 g/mol. The lowest BCUT2D eigenvalue weighted by Crippen LogP contribution is -2.17. The van der Waals surface area contributed by atoms with Gasteiger partial charge in [-0.15, -0.1) is 0 Å². The molecule has 1 unspecified atom stereocenters. The van der Waals surface area contributed by atoms with Gasteiger partial charge in [-0.25, -0.2) is 0 Å². The molecule has 0 saturated heterocycles. The highest BCUT2D eigenvalue weighted by Gasteiger charge is 2.09. The predicted octanol–water partition coefficient (Wildman–Crippen LogP) is 5.75. The van der Waals surface area contributed by atoms with Crippen LogP contribution in [0.5, 0.6) is 5.75 Å². The van der Waals surface area contributed by atoms with Crippen LogP contribution in [0.15, 0.2) is 18.2 Å². The Bertz CT molecular complexity index is 395. The molecule has 1 aromatic rings. The molecule has 1 aromatic carbocycles. The fourth-order valence-corrected chi connectivity index (χ4v) is 2.77. The number of hydrogen-bond donors (Lipinski definition) is 1. The highest BCUT2D eigenvalue weighted by atomic mass is 35.5. The molecule has 1 N–H and O–H groups in total. The molecule has 0 aliphatic carbocycles. The monoisotopic (exact) mass is 311 g/mol. The van der Waals surface area contributed by atoms with Gasteiger partial charge in [0, 0.05) is 11.1 Å². The first-order valence-electron chi connectivity index (χ1n) is 8.34. The van der Waals surface area contributed by atoms with Crippen molar-refractivity contribution in [1.29, 1.82) is 0 Å². The summed E-state index contributed by atoms with van der Waals surface area (Å²) in [6, 6.07) is 6.29. The molecule has 0 fully saturated rings. The number of halogens is 1. The number of rotatable bonds is 11. The minimum atomic E-state index is 0.273. The quantitative estimate of drug-likeness (QED) is 0.525. The van der Waals surface area contributed by atoms with Crippen LogP contribution in [-0.4, -0.2) is 13.2 Å². The standard InChI is InChI=1S/C18H30ClNO/c1-4-6-7-8-9-10-13-21-16-11-12-17(18(19)14-16)15(3)20-5-2/h11-12,14-15,20H,4-10,13H2,1-3H3. The van der Waals surface area contributed by atoms with Crippen molar-refractivity contribution in [3.05, 3.63) is 28.8 Å². The SMILES string of the molecule is CCCCCCCCOc1ccc(C(C)NCC)c(Cl)c1. The van der Waals surface area contributed by atoms with E-state index in [1.54, 1.807) is 0 Å². The van der Waals surface area contributed by atoms with Crippen LogP contribution in [0, 0.1) is 0 Å². The second-order valence-corrected chi connectivity index (χ2v) is 5.99. The van der Waals surface area contributed by atoms with Gasteiger partial charge >= 0.3 is 0 Å². The van der Waals surface area contributed by atoms with Crippen molar-refractivity contribution < 1.29 is 4.74 Å². The van der Waals surface area contributed by atoms with Crippen LogP contribution in [0.1, 0.15) is 70.9 Å². The Labute approximate surface area is 135 Å². The van der Waals surface area contributed by atoms with E-state index in [4.69, 9.17) is 16.3 Å². The number of ether oxygens (including phenoxy) is 1. The van der Waals surface area contributed by atoms with Gasteiger partial charge in [0.05, 0.1) is 6.61 Å². The summed E-state index contributed by atoms with van der Waals surface area (Å²) in [6.45, 7) is 8.19. The highest BCUT2D eigenvalue weighted by molar-refractivity contribution is 6.31. The van der Waals surface area contributed by atoms with Crippen molar-refractivity contribution in [3.8, 4) is 5.75 Å². The van der Waals surface area contributed by atoms with E-state index in [1.807, 2.05) is 12.1 Å². The third kappa shape index (κ3) is 7.19. The normalized spacial score (nSPS) is 12.4. The summed E-state index contributed by atoms with van der Waals surface area (Å²) in [4.78, 5) is 0. The molecule has 0 heterocycles. The highest BCUT2D eigenvalue weighted by Crippen LogP contribution is 2.27. The Morgan fingerprint density at radius 2 is 1.81 bits per heavy atom. The van der Waals surface area contributed by atoms with Gasteiger partial charge < -0.3 is 10.1 Å². The fourth-order valence-electron chi connectivity index (χ4n) is 2.44. The smallest absolute Gasteiger partial charge is 0.120 e. The third-order valence-corrected chi connectivity index (χ3v) is 4.04. The summed E-state index contributed by atoms with van der Waals surface area (Å²) >= 11 is 6.34. The molecule has 21 heavy (non-hydrogen) atoms. The Hall–Kier alpha value is -0.730. The molecule has 0 aliphatic heterocycles. The molecule has 0 aliphatic rings. The zero-order chi connectivity index (χ0) is 15.5. The number of unbranched alkanes of at least 4 members (excludes halogenated alkanes) is 5. The van der Waals surface area contributed by atoms with Crippen molar-refractivity contribution in [2.45, 2.75) is 65.3 Å². The van der Waals surface area contributed by atoms with Gasteiger partial charge in [0.25, 0.3) is 0 Å². The van der Waals surface area contributed by atoms with Crippen LogP contribution < -0.4 is 10.1 Å². The van der Waals surface area contributed by atoms with E-state index in [9.17, 15) is 0 Å². The molecule has 1 atom stereocenters. The maximum Gasteiger partial charge on any atom is 0.120 e. The topological polar surface area (TPSA) is 21.3 Å². The van der Waals surface area contributed by atoms with Crippen LogP contribution in [0.25, 0.3) is 0 Å². The number of benzene rings is 1. The third-order valence-electron chi connectivity index (χ3n) is 3.72. The number of nitrogens with one attached hydrogen (secondary N) is 1. The molecule has 0 amide bonds. The van der Waals surface area contributed by atoms with Crippen LogP contribution in [0.4, 0.5) is 0 Å². The average Bonchev–Trinajstić information content (AvgIpc) is 2.46. The molecule has 0 saturated carbocycles. The Kier molecular flexibility index (Phi) is 9.53. The van der Waals surface area contributed by atoms with Gasteiger partial charge in [-0.1, -0.05) is 63.6 Å². The molecule has 3 heteroatoms. The molecule has 2 nitrogen and oxygen atoms in total. The lowest BCUT2D eigenvalue weighted by atomic mass is 10.1. The van der Waals surface area contributed by atoms with Crippen LogP contribution in [0.3, 0.4) is 0 Å². The Balaban J connectivity index is 2.31. The second kappa shape index (κ2) is 10.9. The molecule has 0 spiro atoms. The fraction of sp³-hybridized carbons (Fsp3) is 0.667. The number of hydrogen-bond acceptors (Lipinski definition) is 2. The van der Waals surface area contributed by atoms with Crippen LogP contribution in [0.2, 0.25) is 5.02 Å². The zero-order valence-corrected chi connectivity index (χ0v) is 14.5. The first-order valence-corrected chi connectivity index (χ1v) is 8.72. The molecule has 0 aromatic heterocycles. The zero-order valence-electron chi connectivity index (χ0n) is 13.8. The maximum atomic E-state index is 6.34. The summed E-state index contributed by atoms with van der Waals surface area (Å²) < 4.78 is 5.78. The van der Waals surface area contributed by atoms with E-state index < -0.39 is 0 Å². The summed E-state index contributed by atoms with van der Waals surface area (Å²) in [6.07, 6.45) is 7.69. The van der Waals surface area contributed by atoms with Gasteiger partial charge in [-0.2, -0.15) is 0 Å². The van der Waals surface area contributed by atoms with Crippen molar-refractivity contribution in [1.82, 2.24) is 5.32 Å². The maximum absolute atomic E-state index is 6.34. The molecule has 0 bridgehead atoms. The average molecular weight is 312 g/mol. The van der Waals surface area contributed by atoms with E-state index in [-0.39, 0.29) is 6.04 Å². The summed E-state index contributed by atoms with van der Waals surface area (Å²) in [7, 11) is 0. The summed E-state index contributed by atoms with van der Waals surface area (Å²) in [5.41, 5.74) is 1.13.